The Kier molecular flexibility index (Phi) is 7.39. The normalized spacial score (nSPS) is 23.6. The van der Waals surface area contributed by atoms with Crippen LogP contribution in [0.4, 0.5) is 0 Å². The Morgan fingerprint density at radius 1 is 1.26 bits per heavy atom. The molecule has 1 aliphatic heterocycles. The molecule has 1 N–H and O–H groups in total. The summed E-state index contributed by atoms with van der Waals surface area (Å²) in [7, 11) is 0. The number of rotatable bonds is 9. The minimum atomic E-state index is -0.00837. The molecular weight excluding hydrogens is 240 g/mol. The van der Waals surface area contributed by atoms with Crippen molar-refractivity contribution < 1.29 is 9.53 Å². The van der Waals surface area contributed by atoms with Crippen molar-refractivity contribution >= 4 is 5.91 Å². The van der Waals surface area contributed by atoms with Crippen LogP contribution < -0.4 is 5.32 Å². The van der Waals surface area contributed by atoms with Crippen LogP contribution in [-0.2, 0) is 9.53 Å². The van der Waals surface area contributed by atoms with E-state index in [4.69, 9.17) is 4.74 Å². The molecule has 112 valence electrons. The zero-order chi connectivity index (χ0) is 14.3. The molecule has 0 saturated carbocycles. The summed E-state index contributed by atoms with van der Waals surface area (Å²) in [6.07, 6.45) is 4.39. The van der Waals surface area contributed by atoms with E-state index in [9.17, 15) is 4.79 Å². The van der Waals surface area contributed by atoms with Gasteiger partial charge in [0.05, 0.1) is 12.2 Å². The highest BCUT2D eigenvalue weighted by Crippen LogP contribution is 2.18. The number of carbonyl (C=O) groups is 1. The summed E-state index contributed by atoms with van der Waals surface area (Å²) in [5.74, 6) is 0.614. The van der Waals surface area contributed by atoms with Crippen molar-refractivity contribution in [1.29, 1.82) is 0 Å². The molecule has 0 aliphatic carbocycles. The summed E-state index contributed by atoms with van der Waals surface area (Å²) in [4.78, 5) is 14.3. The van der Waals surface area contributed by atoms with Gasteiger partial charge in [-0.2, -0.15) is 0 Å². The van der Waals surface area contributed by atoms with E-state index >= 15 is 0 Å². The predicted molar refractivity (Wildman–Crippen MR) is 77.9 cm³/mol. The van der Waals surface area contributed by atoms with Gasteiger partial charge in [0.25, 0.3) is 0 Å². The highest BCUT2D eigenvalue weighted by molar-refractivity contribution is 5.84. The molecule has 0 bridgehead atoms. The number of nitrogens with zero attached hydrogens (tertiary/aromatic N) is 1. The molecule has 1 saturated heterocycles. The number of hydrogen-bond acceptors (Lipinski definition) is 3. The SMILES string of the molecule is CCCCOCCCN1C(=O)C(C(C)C)NC1CC. The Morgan fingerprint density at radius 2 is 1.95 bits per heavy atom. The molecule has 1 fully saturated rings. The zero-order valence-corrected chi connectivity index (χ0v) is 12.9. The second-order valence-corrected chi connectivity index (χ2v) is 5.66. The van der Waals surface area contributed by atoms with Gasteiger partial charge in [0, 0.05) is 19.8 Å². The van der Waals surface area contributed by atoms with Crippen LogP contribution in [0.5, 0.6) is 0 Å². The quantitative estimate of drug-likeness (QED) is 0.654. The Hall–Kier alpha value is -0.610. The van der Waals surface area contributed by atoms with E-state index in [1.54, 1.807) is 0 Å². The summed E-state index contributed by atoms with van der Waals surface area (Å²) in [6, 6.07) is -0.00837. The average molecular weight is 270 g/mol. The largest absolute Gasteiger partial charge is 0.381 e. The first-order valence-corrected chi connectivity index (χ1v) is 7.76. The van der Waals surface area contributed by atoms with E-state index in [2.05, 4.69) is 33.0 Å². The van der Waals surface area contributed by atoms with Gasteiger partial charge in [-0.3, -0.25) is 10.1 Å². The monoisotopic (exact) mass is 270 g/mol. The minimum absolute atomic E-state index is 0.00837. The van der Waals surface area contributed by atoms with Gasteiger partial charge in [-0.15, -0.1) is 0 Å². The molecule has 0 aromatic rings. The van der Waals surface area contributed by atoms with E-state index in [1.807, 2.05) is 4.90 Å². The second-order valence-electron chi connectivity index (χ2n) is 5.66. The Labute approximate surface area is 117 Å². The van der Waals surface area contributed by atoms with Crippen LogP contribution in [0.25, 0.3) is 0 Å². The molecule has 1 amide bonds. The average Bonchev–Trinajstić information content (AvgIpc) is 2.71. The van der Waals surface area contributed by atoms with E-state index in [0.717, 1.165) is 39.0 Å². The van der Waals surface area contributed by atoms with Crippen molar-refractivity contribution in [2.75, 3.05) is 19.8 Å². The third-order valence-electron chi connectivity index (χ3n) is 3.68. The fourth-order valence-electron chi connectivity index (χ4n) is 2.47. The molecular formula is C15H30N2O2. The number of hydrogen-bond donors (Lipinski definition) is 1. The summed E-state index contributed by atoms with van der Waals surface area (Å²) in [5, 5.41) is 3.44. The molecule has 0 aromatic carbocycles. The first-order valence-electron chi connectivity index (χ1n) is 7.76. The van der Waals surface area contributed by atoms with E-state index in [-0.39, 0.29) is 18.1 Å². The fourth-order valence-corrected chi connectivity index (χ4v) is 2.47. The third kappa shape index (κ3) is 4.77. The van der Waals surface area contributed by atoms with Gasteiger partial charge in [0.15, 0.2) is 0 Å². The highest BCUT2D eigenvalue weighted by Gasteiger charge is 2.38. The zero-order valence-electron chi connectivity index (χ0n) is 12.9. The molecule has 2 unspecified atom stereocenters. The minimum Gasteiger partial charge on any atom is -0.381 e. The molecule has 2 atom stereocenters. The molecule has 19 heavy (non-hydrogen) atoms. The van der Waals surface area contributed by atoms with E-state index in [1.165, 1.54) is 6.42 Å². The van der Waals surface area contributed by atoms with Gasteiger partial charge >= 0.3 is 0 Å². The standard InChI is InChI=1S/C15H30N2O2/c1-5-7-10-19-11-8-9-17-13(6-2)16-14(12(3)4)15(17)18/h12-14,16H,5-11H2,1-4H3. The fraction of sp³-hybridized carbons (Fsp3) is 0.933. The van der Waals surface area contributed by atoms with Gasteiger partial charge in [0.2, 0.25) is 5.91 Å². The maximum atomic E-state index is 12.3. The van der Waals surface area contributed by atoms with Crippen LogP contribution in [0.1, 0.15) is 53.4 Å². The highest BCUT2D eigenvalue weighted by atomic mass is 16.5. The second kappa shape index (κ2) is 8.54. The van der Waals surface area contributed by atoms with Crippen LogP contribution in [0.2, 0.25) is 0 Å². The molecule has 4 nitrogen and oxygen atoms in total. The summed E-state index contributed by atoms with van der Waals surface area (Å²) in [6.45, 7) is 10.9. The van der Waals surface area contributed by atoms with Gasteiger partial charge < -0.3 is 9.64 Å². The first kappa shape index (κ1) is 16.4. The van der Waals surface area contributed by atoms with E-state index in [0.29, 0.717) is 5.92 Å². The van der Waals surface area contributed by atoms with Crippen molar-refractivity contribution in [3.05, 3.63) is 0 Å². The molecule has 1 rings (SSSR count). The van der Waals surface area contributed by atoms with Crippen molar-refractivity contribution in [3.63, 3.8) is 0 Å². The van der Waals surface area contributed by atoms with Gasteiger partial charge in [0.1, 0.15) is 0 Å². The Bertz CT molecular complexity index is 269. The molecule has 4 heteroatoms. The van der Waals surface area contributed by atoms with Gasteiger partial charge in [-0.1, -0.05) is 34.1 Å². The Balaban J connectivity index is 2.32. The number of ether oxygens (including phenoxy) is 1. The molecule has 0 radical (unpaired) electrons. The lowest BCUT2D eigenvalue weighted by Gasteiger charge is -2.23. The number of unbranched alkanes of at least 4 members (excludes halogenated alkanes) is 1. The lowest BCUT2D eigenvalue weighted by atomic mass is 10.1. The van der Waals surface area contributed by atoms with Crippen molar-refractivity contribution in [3.8, 4) is 0 Å². The van der Waals surface area contributed by atoms with Crippen LogP contribution in [-0.4, -0.2) is 42.8 Å². The Morgan fingerprint density at radius 3 is 2.53 bits per heavy atom. The summed E-state index contributed by atoms with van der Waals surface area (Å²) in [5.41, 5.74) is 0. The molecule has 0 aromatic heterocycles. The smallest absolute Gasteiger partial charge is 0.241 e. The number of amides is 1. The third-order valence-corrected chi connectivity index (χ3v) is 3.68. The van der Waals surface area contributed by atoms with Crippen LogP contribution >= 0.6 is 0 Å². The lowest BCUT2D eigenvalue weighted by molar-refractivity contribution is -0.130. The van der Waals surface area contributed by atoms with Gasteiger partial charge in [-0.05, 0) is 25.2 Å². The van der Waals surface area contributed by atoms with Crippen molar-refractivity contribution in [1.82, 2.24) is 10.2 Å². The topological polar surface area (TPSA) is 41.6 Å². The maximum absolute atomic E-state index is 12.3. The number of carbonyl (C=O) groups excluding carboxylic acids is 1. The van der Waals surface area contributed by atoms with Crippen LogP contribution in [0, 0.1) is 5.92 Å². The van der Waals surface area contributed by atoms with Crippen LogP contribution in [0.15, 0.2) is 0 Å². The summed E-state index contributed by atoms with van der Waals surface area (Å²) < 4.78 is 5.55. The first-order chi connectivity index (χ1) is 9.11. The van der Waals surface area contributed by atoms with Gasteiger partial charge in [-0.25, -0.2) is 0 Å². The van der Waals surface area contributed by atoms with E-state index < -0.39 is 0 Å². The molecule has 0 spiro atoms. The molecule has 1 aliphatic rings. The lowest BCUT2D eigenvalue weighted by Crippen LogP contribution is -2.37. The van der Waals surface area contributed by atoms with Crippen molar-refractivity contribution in [2.24, 2.45) is 5.92 Å². The summed E-state index contributed by atoms with van der Waals surface area (Å²) >= 11 is 0. The molecule has 1 heterocycles. The predicted octanol–water partition coefficient (Wildman–Crippen LogP) is 2.39. The maximum Gasteiger partial charge on any atom is 0.241 e. The van der Waals surface area contributed by atoms with Crippen molar-refractivity contribution in [2.45, 2.75) is 65.6 Å². The van der Waals surface area contributed by atoms with Crippen LogP contribution in [0.3, 0.4) is 0 Å². The number of nitrogens with one attached hydrogen (secondary N) is 1.